The van der Waals surface area contributed by atoms with Crippen LogP contribution in [-0.4, -0.2) is 35.8 Å². The first kappa shape index (κ1) is 18.2. The Kier molecular flexibility index (Phi) is 7.09. The summed E-state index contributed by atoms with van der Waals surface area (Å²) >= 11 is 0. The number of nitrogens with one attached hydrogen (secondary N) is 1. The van der Waals surface area contributed by atoms with Crippen molar-refractivity contribution in [2.24, 2.45) is 5.92 Å². The van der Waals surface area contributed by atoms with Gasteiger partial charge in [0.05, 0.1) is 0 Å². The Bertz CT molecular complexity index is 490. The van der Waals surface area contributed by atoms with Gasteiger partial charge in [0.25, 0.3) is 5.91 Å². The molecule has 0 aliphatic heterocycles. The fraction of sp³-hybridized carbons (Fsp3) is 0.556. The average molecular weight is 304 g/mol. The smallest absolute Gasteiger partial charge is 0.251 e. The highest BCUT2D eigenvalue weighted by atomic mass is 16.2. The third kappa shape index (κ3) is 5.17. The highest BCUT2D eigenvalue weighted by molar-refractivity contribution is 5.97. The molecular formula is C18H28N2O2. The van der Waals surface area contributed by atoms with Gasteiger partial charge in [0.15, 0.2) is 0 Å². The topological polar surface area (TPSA) is 49.4 Å². The van der Waals surface area contributed by atoms with Gasteiger partial charge < -0.3 is 10.2 Å². The standard InChI is InChI=1S/C18H28N2O2/c1-6-20(7-2)18(22)16(12-13(3)4)19-17(21)15-10-8-14(5)9-11-15/h8-11,13,16H,6-7,12H2,1-5H3,(H,19,21)/t16-/m0/s1. The van der Waals surface area contributed by atoms with Gasteiger partial charge in [-0.15, -0.1) is 0 Å². The fourth-order valence-corrected chi connectivity index (χ4v) is 2.40. The lowest BCUT2D eigenvalue weighted by atomic mass is 10.0. The van der Waals surface area contributed by atoms with E-state index in [4.69, 9.17) is 0 Å². The lowest BCUT2D eigenvalue weighted by Crippen LogP contribution is -2.49. The summed E-state index contributed by atoms with van der Waals surface area (Å²) in [5.41, 5.74) is 1.70. The molecule has 0 aliphatic carbocycles. The van der Waals surface area contributed by atoms with E-state index in [9.17, 15) is 9.59 Å². The van der Waals surface area contributed by atoms with Crippen LogP contribution in [0.5, 0.6) is 0 Å². The number of aryl methyl sites for hydroxylation is 1. The molecule has 1 rings (SSSR count). The van der Waals surface area contributed by atoms with Crippen LogP contribution in [0.1, 0.15) is 50.0 Å². The van der Waals surface area contributed by atoms with E-state index >= 15 is 0 Å². The molecule has 1 aromatic carbocycles. The van der Waals surface area contributed by atoms with Gasteiger partial charge in [-0.2, -0.15) is 0 Å². The molecule has 122 valence electrons. The molecule has 0 saturated carbocycles. The van der Waals surface area contributed by atoms with E-state index in [0.29, 0.717) is 31.0 Å². The molecule has 22 heavy (non-hydrogen) atoms. The molecule has 0 saturated heterocycles. The van der Waals surface area contributed by atoms with Gasteiger partial charge in [-0.25, -0.2) is 0 Å². The number of hydrogen-bond donors (Lipinski definition) is 1. The first-order chi connectivity index (χ1) is 10.4. The molecule has 1 N–H and O–H groups in total. The molecule has 2 amide bonds. The van der Waals surface area contributed by atoms with E-state index in [0.717, 1.165) is 5.56 Å². The van der Waals surface area contributed by atoms with Crippen LogP contribution >= 0.6 is 0 Å². The Morgan fingerprint density at radius 3 is 2.09 bits per heavy atom. The van der Waals surface area contributed by atoms with Gasteiger partial charge in [-0.1, -0.05) is 31.5 Å². The minimum Gasteiger partial charge on any atom is -0.341 e. The molecule has 0 aliphatic rings. The van der Waals surface area contributed by atoms with Gasteiger partial charge in [0.2, 0.25) is 5.91 Å². The van der Waals surface area contributed by atoms with E-state index in [-0.39, 0.29) is 11.8 Å². The van der Waals surface area contributed by atoms with Crippen LogP contribution in [0.15, 0.2) is 24.3 Å². The van der Waals surface area contributed by atoms with Crippen molar-refractivity contribution in [3.63, 3.8) is 0 Å². The van der Waals surface area contributed by atoms with Crippen molar-refractivity contribution in [2.45, 2.75) is 47.1 Å². The molecule has 4 heteroatoms. The monoisotopic (exact) mass is 304 g/mol. The summed E-state index contributed by atoms with van der Waals surface area (Å²) in [6.45, 7) is 11.3. The number of rotatable bonds is 7. The number of nitrogens with zero attached hydrogens (tertiary/aromatic N) is 1. The van der Waals surface area contributed by atoms with E-state index in [1.54, 1.807) is 17.0 Å². The predicted molar refractivity (Wildman–Crippen MR) is 89.8 cm³/mol. The van der Waals surface area contributed by atoms with Gasteiger partial charge in [-0.05, 0) is 45.2 Å². The van der Waals surface area contributed by atoms with Gasteiger partial charge in [-0.3, -0.25) is 9.59 Å². The molecule has 0 aromatic heterocycles. The predicted octanol–water partition coefficient (Wildman–Crippen LogP) is 3.01. The zero-order valence-electron chi connectivity index (χ0n) is 14.3. The van der Waals surface area contributed by atoms with Crippen LogP contribution in [-0.2, 0) is 4.79 Å². The number of benzene rings is 1. The number of amides is 2. The summed E-state index contributed by atoms with van der Waals surface area (Å²) in [5, 5.41) is 2.90. The van der Waals surface area contributed by atoms with E-state index < -0.39 is 6.04 Å². The average Bonchev–Trinajstić information content (AvgIpc) is 2.47. The molecule has 1 atom stereocenters. The van der Waals surface area contributed by atoms with Crippen molar-refractivity contribution in [2.75, 3.05) is 13.1 Å². The summed E-state index contributed by atoms with van der Waals surface area (Å²) in [7, 11) is 0. The minimum atomic E-state index is -0.464. The maximum absolute atomic E-state index is 12.6. The summed E-state index contributed by atoms with van der Waals surface area (Å²) in [5.74, 6) is 0.146. The maximum Gasteiger partial charge on any atom is 0.251 e. The summed E-state index contributed by atoms with van der Waals surface area (Å²) in [4.78, 5) is 26.7. The molecule has 0 spiro atoms. The molecular weight excluding hydrogens is 276 g/mol. The Balaban J connectivity index is 2.86. The van der Waals surface area contributed by atoms with Crippen LogP contribution in [0, 0.1) is 12.8 Å². The fourth-order valence-electron chi connectivity index (χ4n) is 2.40. The molecule has 0 radical (unpaired) electrons. The van der Waals surface area contributed by atoms with E-state index in [2.05, 4.69) is 19.2 Å². The Hall–Kier alpha value is -1.84. The third-order valence-electron chi connectivity index (χ3n) is 3.70. The van der Waals surface area contributed by atoms with Crippen LogP contribution in [0.25, 0.3) is 0 Å². The molecule has 0 heterocycles. The highest BCUT2D eigenvalue weighted by Crippen LogP contribution is 2.10. The van der Waals surface area contributed by atoms with Crippen molar-refractivity contribution in [3.8, 4) is 0 Å². The number of hydrogen-bond acceptors (Lipinski definition) is 2. The minimum absolute atomic E-state index is 0.000776. The number of carbonyl (C=O) groups is 2. The zero-order valence-corrected chi connectivity index (χ0v) is 14.3. The SMILES string of the molecule is CCN(CC)C(=O)[C@H](CC(C)C)NC(=O)c1ccc(C)cc1. The Labute approximate surface area is 133 Å². The number of carbonyl (C=O) groups excluding carboxylic acids is 2. The normalized spacial score (nSPS) is 12.1. The lowest BCUT2D eigenvalue weighted by molar-refractivity contribution is -0.133. The molecule has 0 bridgehead atoms. The van der Waals surface area contributed by atoms with Crippen molar-refractivity contribution >= 4 is 11.8 Å². The Morgan fingerprint density at radius 2 is 1.64 bits per heavy atom. The van der Waals surface area contributed by atoms with Crippen molar-refractivity contribution in [1.29, 1.82) is 0 Å². The quantitative estimate of drug-likeness (QED) is 0.842. The van der Waals surface area contributed by atoms with Crippen LogP contribution in [0.2, 0.25) is 0 Å². The molecule has 0 unspecified atom stereocenters. The van der Waals surface area contributed by atoms with Crippen LogP contribution < -0.4 is 5.32 Å². The van der Waals surface area contributed by atoms with E-state index in [1.165, 1.54) is 0 Å². The first-order valence-corrected chi connectivity index (χ1v) is 8.05. The summed E-state index contributed by atoms with van der Waals surface area (Å²) < 4.78 is 0. The lowest BCUT2D eigenvalue weighted by Gasteiger charge is -2.27. The van der Waals surface area contributed by atoms with E-state index in [1.807, 2.05) is 32.9 Å². The van der Waals surface area contributed by atoms with Crippen LogP contribution in [0.4, 0.5) is 0 Å². The van der Waals surface area contributed by atoms with Crippen molar-refractivity contribution in [1.82, 2.24) is 10.2 Å². The van der Waals surface area contributed by atoms with Crippen LogP contribution in [0.3, 0.4) is 0 Å². The van der Waals surface area contributed by atoms with Gasteiger partial charge >= 0.3 is 0 Å². The van der Waals surface area contributed by atoms with Gasteiger partial charge in [0, 0.05) is 18.7 Å². The maximum atomic E-state index is 12.6. The van der Waals surface area contributed by atoms with Crippen molar-refractivity contribution < 1.29 is 9.59 Å². The molecule has 0 fully saturated rings. The first-order valence-electron chi connectivity index (χ1n) is 8.05. The third-order valence-corrected chi connectivity index (χ3v) is 3.70. The number of likely N-dealkylation sites (N-methyl/N-ethyl adjacent to an activating group) is 1. The Morgan fingerprint density at radius 1 is 1.09 bits per heavy atom. The second kappa shape index (κ2) is 8.57. The molecule has 1 aromatic rings. The van der Waals surface area contributed by atoms with Gasteiger partial charge in [0.1, 0.15) is 6.04 Å². The summed E-state index contributed by atoms with van der Waals surface area (Å²) in [6.07, 6.45) is 0.646. The highest BCUT2D eigenvalue weighted by Gasteiger charge is 2.25. The molecule has 4 nitrogen and oxygen atoms in total. The largest absolute Gasteiger partial charge is 0.341 e. The second-order valence-corrected chi connectivity index (χ2v) is 6.03. The zero-order chi connectivity index (χ0) is 16.7. The summed E-state index contributed by atoms with van der Waals surface area (Å²) in [6, 6.07) is 6.92. The van der Waals surface area contributed by atoms with Crippen molar-refractivity contribution in [3.05, 3.63) is 35.4 Å². The second-order valence-electron chi connectivity index (χ2n) is 6.03.